The highest BCUT2D eigenvalue weighted by molar-refractivity contribution is 5.66. The summed E-state index contributed by atoms with van der Waals surface area (Å²) in [6.07, 6.45) is 10.9. The molecular formula is C20H26O4. The van der Waals surface area contributed by atoms with Crippen molar-refractivity contribution in [2.45, 2.75) is 32.1 Å². The molecule has 3 atom stereocenters. The molecule has 4 heteroatoms. The summed E-state index contributed by atoms with van der Waals surface area (Å²) >= 11 is 0. The molecule has 2 aliphatic rings. The van der Waals surface area contributed by atoms with Gasteiger partial charge in [-0.15, -0.1) is 6.58 Å². The van der Waals surface area contributed by atoms with Gasteiger partial charge in [0, 0.05) is 6.42 Å². The van der Waals surface area contributed by atoms with Gasteiger partial charge in [0.2, 0.25) is 0 Å². The Kier molecular flexibility index (Phi) is 6.47. The van der Waals surface area contributed by atoms with Crippen LogP contribution < -0.4 is 4.74 Å². The first-order valence-corrected chi connectivity index (χ1v) is 8.40. The van der Waals surface area contributed by atoms with Crippen LogP contribution >= 0.6 is 0 Å². The highest BCUT2D eigenvalue weighted by Crippen LogP contribution is 2.45. The van der Waals surface area contributed by atoms with Crippen molar-refractivity contribution < 1.29 is 19.7 Å². The van der Waals surface area contributed by atoms with Crippen molar-refractivity contribution in [2.24, 2.45) is 17.8 Å². The number of rotatable bonds is 6. The second-order valence-corrected chi connectivity index (χ2v) is 6.47. The second-order valence-electron chi connectivity index (χ2n) is 6.47. The fraction of sp³-hybridized carbons (Fsp3) is 0.450. The summed E-state index contributed by atoms with van der Waals surface area (Å²) in [7, 11) is 1.53. The number of benzene rings is 1. The number of fused-ring (bicyclic) bond motifs is 2. The van der Waals surface area contributed by atoms with Gasteiger partial charge in [-0.25, -0.2) is 0 Å². The van der Waals surface area contributed by atoms with Gasteiger partial charge in [-0.1, -0.05) is 24.3 Å². The van der Waals surface area contributed by atoms with Gasteiger partial charge in [0.1, 0.15) is 0 Å². The third-order valence-corrected chi connectivity index (χ3v) is 4.77. The van der Waals surface area contributed by atoms with Crippen molar-refractivity contribution >= 4 is 5.97 Å². The highest BCUT2D eigenvalue weighted by atomic mass is 16.5. The van der Waals surface area contributed by atoms with Crippen molar-refractivity contribution in [1.82, 2.24) is 0 Å². The minimum Gasteiger partial charge on any atom is -0.504 e. The van der Waals surface area contributed by atoms with Gasteiger partial charge in [-0.3, -0.25) is 4.79 Å². The normalized spacial score (nSPS) is 23.5. The molecule has 1 aromatic carbocycles. The van der Waals surface area contributed by atoms with Gasteiger partial charge >= 0.3 is 5.97 Å². The van der Waals surface area contributed by atoms with Crippen LogP contribution in [0.1, 0.15) is 31.2 Å². The van der Waals surface area contributed by atoms with E-state index in [2.05, 4.69) is 18.7 Å². The summed E-state index contributed by atoms with van der Waals surface area (Å²) in [5.41, 5.74) is 1.08. The molecule has 3 unspecified atom stereocenters. The van der Waals surface area contributed by atoms with Gasteiger partial charge in [-0.05, 0) is 61.1 Å². The number of ether oxygens (including phenoxy) is 1. The Labute approximate surface area is 143 Å². The van der Waals surface area contributed by atoms with Crippen LogP contribution in [0.5, 0.6) is 11.5 Å². The first-order chi connectivity index (χ1) is 11.5. The van der Waals surface area contributed by atoms with Crippen LogP contribution in [-0.4, -0.2) is 23.3 Å². The number of hydrogen-bond acceptors (Lipinski definition) is 3. The van der Waals surface area contributed by atoms with Crippen molar-refractivity contribution in [3.8, 4) is 11.5 Å². The van der Waals surface area contributed by atoms with E-state index in [0.29, 0.717) is 24.0 Å². The van der Waals surface area contributed by atoms with Crippen molar-refractivity contribution in [1.29, 1.82) is 0 Å². The molecule has 2 aliphatic carbocycles. The molecule has 130 valence electrons. The van der Waals surface area contributed by atoms with E-state index in [0.717, 1.165) is 24.3 Å². The molecule has 0 aromatic heterocycles. The largest absolute Gasteiger partial charge is 0.504 e. The molecule has 1 saturated carbocycles. The summed E-state index contributed by atoms with van der Waals surface area (Å²) in [6.45, 7) is 3.63. The quantitative estimate of drug-likeness (QED) is 0.767. The molecule has 24 heavy (non-hydrogen) atoms. The van der Waals surface area contributed by atoms with E-state index in [4.69, 9.17) is 9.84 Å². The zero-order valence-electron chi connectivity index (χ0n) is 14.1. The number of methoxy groups -OCH3 is 1. The predicted molar refractivity (Wildman–Crippen MR) is 94.3 cm³/mol. The molecule has 4 nitrogen and oxygen atoms in total. The van der Waals surface area contributed by atoms with E-state index in [-0.39, 0.29) is 5.75 Å². The molecule has 1 aromatic rings. The lowest BCUT2D eigenvalue weighted by atomic mass is 9.89. The second kappa shape index (κ2) is 8.57. The zero-order chi connectivity index (χ0) is 17.5. The molecular weight excluding hydrogens is 304 g/mol. The Morgan fingerprint density at radius 3 is 2.71 bits per heavy atom. The summed E-state index contributed by atoms with van der Waals surface area (Å²) in [4.78, 5) is 10.3. The molecule has 0 spiro atoms. The molecule has 0 saturated heterocycles. The fourth-order valence-electron chi connectivity index (χ4n) is 3.55. The fourth-order valence-corrected chi connectivity index (χ4v) is 3.55. The van der Waals surface area contributed by atoms with Gasteiger partial charge < -0.3 is 14.9 Å². The Morgan fingerprint density at radius 1 is 1.38 bits per heavy atom. The van der Waals surface area contributed by atoms with Gasteiger partial charge in [0.05, 0.1) is 7.11 Å². The van der Waals surface area contributed by atoms with E-state index >= 15 is 0 Å². The van der Waals surface area contributed by atoms with Gasteiger partial charge in [0.15, 0.2) is 11.5 Å². The SMILES string of the molecule is C=CCc1ccc(O)c(OC)c1.O=C(O)CCC1CC2C=CC1C2. The van der Waals surface area contributed by atoms with Crippen molar-refractivity contribution in [3.63, 3.8) is 0 Å². The standard InChI is InChI=1S/C10H14O2.C10H12O2/c11-10(12)4-3-9-6-7-1-2-8(9)5-7;1-3-4-8-5-6-9(11)10(7-8)12-2/h1-2,7-9H,3-6H2,(H,11,12);3,5-7,11H,1,4H2,2H3. The Hall–Kier alpha value is -2.23. The smallest absolute Gasteiger partial charge is 0.303 e. The van der Waals surface area contributed by atoms with Gasteiger partial charge in [-0.2, -0.15) is 0 Å². The lowest BCUT2D eigenvalue weighted by Crippen LogP contribution is -2.09. The van der Waals surface area contributed by atoms with Crippen molar-refractivity contribution in [3.05, 3.63) is 48.6 Å². The number of carboxylic acid groups (broad SMARTS) is 1. The average molecular weight is 330 g/mol. The van der Waals surface area contributed by atoms with E-state index in [1.807, 2.05) is 12.1 Å². The lowest BCUT2D eigenvalue weighted by Gasteiger charge is -2.16. The molecule has 2 bridgehead atoms. The van der Waals surface area contributed by atoms with E-state index in [9.17, 15) is 9.90 Å². The maximum atomic E-state index is 10.3. The summed E-state index contributed by atoms with van der Waals surface area (Å²) < 4.78 is 4.95. The molecule has 0 radical (unpaired) electrons. The zero-order valence-corrected chi connectivity index (χ0v) is 14.1. The topological polar surface area (TPSA) is 66.8 Å². The number of hydrogen-bond donors (Lipinski definition) is 2. The minimum absolute atomic E-state index is 0.172. The number of allylic oxidation sites excluding steroid dienone is 3. The number of phenolic OH excluding ortho intramolecular Hbond substituents is 1. The Bertz CT molecular complexity index is 606. The predicted octanol–water partition coefficient (Wildman–Crippen LogP) is 4.19. The van der Waals surface area contributed by atoms with Gasteiger partial charge in [0.25, 0.3) is 0 Å². The van der Waals surface area contributed by atoms with Crippen LogP contribution in [0.3, 0.4) is 0 Å². The van der Waals surface area contributed by atoms with E-state index in [1.165, 1.54) is 20.0 Å². The van der Waals surface area contributed by atoms with E-state index in [1.54, 1.807) is 12.1 Å². The summed E-state index contributed by atoms with van der Waals surface area (Å²) in [5, 5.41) is 17.8. The lowest BCUT2D eigenvalue weighted by molar-refractivity contribution is -0.137. The van der Waals surface area contributed by atoms with Crippen LogP contribution in [0.25, 0.3) is 0 Å². The van der Waals surface area contributed by atoms with Crippen LogP contribution in [0.2, 0.25) is 0 Å². The average Bonchev–Trinajstić information content (AvgIpc) is 3.18. The molecule has 2 N–H and O–H groups in total. The molecule has 1 fully saturated rings. The number of carboxylic acids is 1. The first kappa shape index (κ1) is 18.1. The number of aliphatic carboxylic acids is 1. The van der Waals surface area contributed by atoms with Crippen LogP contribution in [-0.2, 0) is 11.2 Å². The molecule has 3 rings (SSSR count). The molecule has 0 amide bonds. The first-order valence-electron chi connectivity index (χ1n) is 8.40. The highest BCUT2D eigenvalue weighted by Gasteiger charge is 2.35. The summed E-state index contributed by atoms with van der Waals surface area (Å²) in [6, 6.07) is 5.27. The maximum Gasteiger partial charge on any atom is 0.303 e. The number of aromatic hydroxyl groups is 1. The molecule has 0 aliphatic heterocycles. The third kappa shape index (κ3) is 4.88. The third-order valence-electron chi connectivity index (χ3n) is 4.77. The maximum absolute atomic E-state index is 10.3. The Balaban J connectivity index is 0.000000174. The summed E-state index contributed by atoms with van der Waals surface area (Å²) in [5.74, 6) is 2.17. The van der Waals surface area contributed by atoms with Crippen LogP contribution in [0.4, 0.5) is 0 Å². The van der Waals surface area contributed by atoms with Crippen molar-refractivity contribution in [2.75, 3.05) is 7.11 Å². The van der Waals surface area contributed by atoms with Crippen LogP contribution in [0, 0.1) is 17.8 Å². The molecule has 0 heterocycles. The monoisotopic (exact) mass is 330 g/mol. The van der Waals surface area contributed by atoms with E-state index < -0.39 is 5.97 Å². The minimum atomic E-state index is -0.651. The Morgan fingerprint density at radius 2 is 2.17 bits per heavy atom. The van der Waals surface area contributed by atoms with Crippen LogP contribution in [0.15, 0.2) is 43.0 Å². The number of phenols is 1. The number of carbonyl (C=O) groups is 1.